The fourth-order valence-electron chi connectivity index (χ4n) is 7.41. The van der Waals surface area contributed by atoms with E-state index in [1.165, 1.54) is 48.1 Å². The number of benzene rings is 4. The van der Waals surface area contributed by atoms with Crippen molar-refractivity contribution in [2.24, 2.45) is 10.7 Å². The first-order chi connectivity index (χ1) is 32.5. The van der Waals surface area contributed by atoms with Gasteiger partial charge in [0.2, 0.25) is 5.78 Å². The fourth-order valence-corrected chi connectivity index (χ4v) is 9.33. The quantitative estimate of drug-likeness (QED) is 0.0179. The second kappa shape index (κ2) is 27.6. The maximum atomic E-state index is 13.5. The van der Waals surface area contributed by atoms with Gasteiger partial charge in [-0.15, -0.1) is 0 Å². The number of carbonyl (C=O) groups is 2. The van der Waals surface area contributed by atoms with Crippen LogP contribution in [0.2, 0.25) is 0 Å². The molecule has 21 heteroatoms. The SMILES string of the molecule is CCSC(N)=NC(=S)Nc1ccc(N2CCC(N(C)C)CC2)cc1.CN(C)C1CCN(c2ccc(Nc3nc(N)c(C(=O)c4ccc(F)c(F)c4)s3)cc2)CC1.O=C(CBr)c1ccc(F)c(F)c1.P. The normalized spacial score (nSPS) is 14.3. The molecule has 1 atom stereocenters. The minimum Gasteiger partial charge on any atom is -0.382 e. The van der Waals surface area contributed by atoms with Crippen molar-refractivity contribution in [3.8, 4) is 0 Å². The summed E-state index contributed by atoms with van der Waals surface area (Å²) in [5, 5.41) is 7.72. The van der Waals surface area contributed by atoms with Crippen molar-refractivity contribution in [1.82, 2.24) is 14.8 Å². The lowest BCUT2D eigenvalue weighted by atomic mass is 10.0. The average Bonchev–Trinajstić information content (AvgIpc) is 3.70. The van der Waals surface area contributed by atoms with Crippen LogP contribution in [0.5, 0.6) is 0 Å². The first-order valence-corrected chi connectivity index (χ1v) is 25.2. The van der Waals surface area contributed by atoms with E-state index in [9.17, 15) is 27.2 Å². The lowest BCUT2D eigenvalue weighted by Crippen LogP contribution is -2.41. The van der Waals surface area contributed by atoms with E-state index in [0.717, 1.165) is 91.8 Å². The van der Waals surface area contributed by atoms with Gasteiger partial charge in [0, 0.05) is 72.1 Å². The number of ketones is 2. The molecule has 2 aliphatic rings. The van der Waals surface area contributed by atoms with Crippen molar-refractivity contribution >= 4 is 117 Å². The van der Waals surface area contributed by atoms with E-state index in [2.05, 4.69) is 109 Å². The molecule has 1 aromatic heterocycles. The molecule has 12 nitrogen and oxygen atoms in total. The van der Waals surface area contributed by atoms with Gasteiger partial charge < -0.3 is 41.7 Å². The molecule has 372 valence electrons. The molecule has 0 aliphatic carbocycles. The number of nitrogen functional groups attached to an aromatic ring is 1. The van der Waals surface area contributed by atoms with Crippen LogP contribution in [0.4, 0.5) is 51.3 Å². The van der Waals surface area contributed by atoms with Gasteiger partial charge in [-0.3, -0.25) is 9.59 Å². The topological polar surface area (TPSA) is 148 Å². The maximum Gasteiger partial charge on any atom is 0.206 e. The van der Waals surface area contributed by atoms with Gasteiger partial charge in [-0.1, -0.05) is 46.0 Å². The molecule has 0 spiro atoms. The van der Waals surface area contributed by atoms with E-state index in [4.69, 9.17) is 23.7 Å². The van der Waals surface area contributed by atoms with Gasteiger partial charge in [0.05, 0.1) is 5.33 Å². The molecule has 5 aromatic rings. The third-order valence-electron chi connectivity index (χ3n) is 11.3. The third-order valence-corrected chi connectivity index (χ3v) is 13.6. The van der Waals surface area contributed by atoms with Crippen LogP contribution < -0.4 is 31.9 Å². The van der Waals surface area contributed by atoms with E-state index < -0.39 is 29.1 Å². The van der Waals surface area contributed by atoms with Crippen molar-refractivity contribution < 1.29 is 27.2 Å². The summed E-state index contributed by atoms with van der Waals surface area (Å²) in [6.07, 6.45) is 4.70. The van der Waals surface area contributed by atoms with Crippen LogP contribution in [0, 0.1) is 23.3 Å². The molecule has 2 saturated heterocycles. The number of hydrogen-bond acceptors (Lipinski definition) is 12. The summed E-state index contributed by atoms with van der Waals surface area (Å²) in [6.45, 7) is 6.28. The van der Waals surface area contributed by atoms with E-state index in [1.807, 2.05) is 31.2 Å². The van der Waals surface area contributed by atoms with Gasteiger partial charge in [0.15, 0.2) is 44.5 Å². The number of thiocarbonyl (C=S) groups is 1. The largest absolute Gasteiger partial charge is 0.382 e. The van der Waals surface area contributed by atoms with Crippen molar-refractivity contribution in [2.75, 3.05) is 91.6 Å². The number of nitrogens with one attached hydrogen (secondary N) is 2. The van der Waals surface area contributed by atoms with Crippen LogP contribution in [0.25, 0.3) is 0 Å². The Bertz CT molecular complexity index is 2510. The Labute approximate surface area is 427 Å². The number of nitrogens with two attached hydrogens (primary N) is 2. The van der Waals surface area contributed by atoms with Crippen molar-refractivity contribution in [3.63, 3.8) is 0 Å². The smallest absolute Gasteiger partial charge is 0.206 e. The average molecular weight is 1090 g/mol. The van der Waals surface area contributed by atoms with Crippen molar-refractivity contribution in [1.29, 1.82) is 0 Å². The summed E-state index contributed by atoms with van der Waals surface area (Å²) >= 11 is 10.7. The number of thiazole rings is 1. The predicted molar refractivity (Wildman–Crippen MR) is 292 cm³/mol. The van der Waals surface area contributed by atoms with Crippen LogP contribution in [-0.2, 0) is 0 Å². The highest BCUT2D eigenvalue weighted by atomic mass is 79.9. The maximum absolute atomic E-state index is 13.5. The van der Waals surface area contributed by atoms with Crippen LogP contribution in [0.3, 0.4) is 0 Å². The van der Waals surface area contributed by atoms with Gasteiger partial charge in [-0.2, -0.15) is 14.9 Å². The fraction of sp³-hybridized carbons (Fsp3) is 0.354. The van der Waals surface area contributed by atoms with Crippen molar-refractivity contribution in [2.45, 2.75) is 44.7 Å². The number of amidine groups is 1. The number of hydrogen-bond donors (Lipinski definition) is 4. The number of aliphatic imine (C=N–C) groups is 1. The Balaban J connectivity index is 0.000000247. The highest BCUT2D eigenvalue weighted by molar-refractivity contribution is 9.09. The number of nitrogens with zero attached hydrogens (tertiary/aromatic N) is 6. The molecular formula is C48H60BrF4N10O2PS3. The summed E-state index contributed by atoms with van der Waals surface area (Å²) < 4.78 is 51.5. The molecule has 3 heterocycles. The minimum atomic E-state index is -1.08. The second-order valence-electron chi connectivity index (χ2n) is 16.3. The zero-order valence-corrected chi connectivity index (χ0v) is 44.7. The zero-order chi connectivity index (χ0) is 49.5. The number of alkyl halides is 1. The number of rotatable bonds is 12. The molecule has 2 fully saturated rings. The third kappa shape index (κ3) is 17.0. The van der Waals surface area contributed by atoms with Gasteiger partial charge >= 0.3 is 0 Å². The second-order valence-corrected chi connectivity index (χ2v) is 19.5. The first kappa shape index (κ1) is 56.9. The van der Waals surface area contributed by atoms with E-state index >= 15 is 0 Å². The van der Waals surface area contributed by atoms with E-state index in [0.29, 0.717) is 27.5 Å². The minimum absolute atomic E-state index is 0. The summed E-state index contributed by atoms with van der Waals surface area (Å²) in [7, 11) is 8.59. The molecule has 0 saturated carbocycles. The van der Waals surface area contributed by atoms with Gasteiger partial charge in [0.1, 0.15) is 10.7 Å². The molecule has 0 amide bonds. The lowest BCUT2D eigenvalue weighted by molar-refractivity contribution is 0.102. The highest BCUT2D eigenvalue weighted by Crippen LogP contribution is 2.31. The molecular weight excluding hydrogens is 1030 g/mol. The summed E-state index contributed by atoms with van der Waals surface area (Å²) in [5.74, 6) is -3.86. The van der Waals surface area contributed by atoms with E-state index in [1.54, 1.807) is 0 Å². The summed E-state index contributed by atoms with van der Waals surface area (Å²) in [6, 6.07) is 23.8. The highest BCUT2D eigenvalue weighted by Gasteiger charge is 2.23. The van der Waals surface area contributed by atoms with Gasteiger partial charge in [-0.25, -0.2) is 22.5 Å². The Hall–Kier alpha value is -4.69. The molecule has 6 N–H and O–H groups in total. The molecule has 0 bridgehead atoms. The number of piperidine rings is 2. The van der Waals surface area contributed by atoms with Crippen LogP contribution in [-0.4, -0.2) is 114 Å². The zero-order valence-electron chi connectivity index (χ0n) is 39.3. The Morgan fingerprint density at radius 2 is 1.25 bits per heavy atom. The van der Waals surface area contributed by atoms with Crippen molar-refractivity contribution in [3.05, 3.63) is 124 Å². The van der Waals surface area contributed by atoms with Crippen LogP contribution >= 0.6 is 61.1 Å². The standard InChI is InChI=1S/C23H25F2N5OS.C17H27N5S2.C8H5BrF2O.H3P/c1-29(2)16-9-11-30(12-10-16)17-6-4-15(5-7-17)27-23-28-22(26)21(32-23)20(31)14-3-8-18(24)19(25)13-14;1-4-24-16(18)20-17(23)19-13-5-7-15(8-6-13)22-11-9-14(10-12-22)21(2)3;9-4-8(12)5-1-2-6(10)7(11)3-5;/h3-8,13,16H,9-12,26H2,1-2H3,(H,27,28);5-8,14H,4,9-12H2,1-3H3,(H3,18,19,20,23);1-3H,4H2;1H3. The molecule has 7 rings (SSSR count). The summed E-state index contributed by atoms with van der Waals surface area (Å²) in [4.78, 5) is 41.6. The van der Waals surface area contributed by atoms with Gasteiger partial charge in [-0.05, 0) is 157 Å². The number of thioether (sulfide) groups is 1. The Kier molecular flexibility index (Phi) is 22.8. The number of carbonyl (C=O) groups excluding carboxylic acids is 2. The lowest BCUT2D eigenvalue weighted by Gasteiger charge is -2.36. The Morgan fingerprint density at radius 1 is 0.783 bits per heavy atom. The number of Topliss-reactive ketones (excluding diaryl/α,β-unsaturated/α-hetero) is 1. The number of halogens is 5. The number of anilines is 6. The molecule has 2 aliphatic heterocycles. The predicted octanol–water partition coefficient (Wildman–Crippen LogP) is 10.1. The number of aromatic nitrogens is 1. The molecule has 4 aromatic carbocycles. The van der Waals surface area contributed by atoms with Crippen LogP contribution in [0.15, 0.2) is 89.9 Å². The summed E-state index contributed by atoms with van der Waals surface area (Å²) in [5.41, 5.74) is 16.1. The van der Waals surface area contributed by atoms with Gasteiger partial charge in [0.25, 0.3) is 0 Å². The Morgan fingerprint density at radius 3 is 1.70 bits per heavy atom. The molecule has 1 unspecified atom stereocenters. The first-order valence-electron chi connectivity index (χ1n) is 21.8. The molecule has 0 radical (unpaired) electrons. The van der Waals surface area contributed by atoms with E-state index in [-0.39, 0.29) is 42.8 Å². The van der Waals surface area contributed by atoms with Crippen LogP contribution in [0.1, 0.15) is 58.2 Å². The molecule has 69 heavy (non-hydrogen) atoms. The monoisotopic (exact) mass is 1090 g/mol.